The first-order valence-electron chi connectivity index (χ1n) is 8.49. The Labute approximate surface area is 161 Å². The standard InChI is InChI=1S/C19H19N3O4S/c1-3-26-13-6-4-12(5-7-13)17(23)21-18-15(10-20)14-8-9-22(19(24)25-2)11-16(14)27-18/h4-7H,3,8-9,11H2,1-2H3,(H,21,23). The molecule has 1 aliphatic heterocycles. The maximum Gasteiger partial charge on any atom is 0.409 e. The fraction of sp³-hybridized carbons (Fsp3) is 0.316. The van der Waals surface area contributed by atoms with E-state index in [9.17, 15) is 14.9 Å². The smallest absolute Gasteiger partial charge is 0.409 e. The number of nitrogens with one attached hydrogen (secondary N) is 1. The molecule has 0 aliphatic carbocycles. The van der Waals surface area contributed by atoms with E-state index >= 15 is 0 Å². The van der Waals surface area contributed by atoms with Gasteiger partial charge in [0.2, 0.25) is 0 Å². The molecule has 2 amide bonds. The predicted octanol–water partition coefficient (Wildman–Crippen LogP) is 3.40. The summed E-state index contributed by atoms with van der Waals surface area (Å²) in [6.45, 7) is 3.31. The van der Waals surface area contributed by atoms with Crippen LogP contribution in [-0.4, -0.2) is 37.2 Å². The van der Waals surface area contributed by atoms with Crippen molar-refractivity contribution in [3.05, 3.63) is 45.8 Å². The van der Waals surface area contributed by atoms with Gasteiger partial charge >= 0.3 is 6.09 Å². The fourth-order valence-corrected chi connectivity index (χ4v) is 4.15. The molecule has 140 valence electrons. The van der Waals surface area contributed by atoms with Crippen molar-refractivity contribution in [2.75, 3.05) is 25.6 Å². The highest BCUT2D eigenvalue weighted by Gasteiger charge is 2.28. The van der Waals surface area contributed by atoms with Crippen molar-refractivity contribution < 1.29 is 19.1 Å². The van der Waals surface area contributed by atoms with Crippen molar-refractivity contribution in [1.29, 1.82) is 5.26 Å². The molecule has 0 bridgehead atoms. The summed E-state index contributed by atoms with van der Waals surface area (Å²) in [5.74, 6) is 0.402. The van der Waals surface area contributed by atoms with Gasteiger partial charge in [-0.2, -0.15) is 5.26 Å². The zero-order valence-corrected chi connectivity index (χ0v) is 15.9. The summed E-state index contributed by atoms with van der Waals surface area (Å²) in [6.07, 6.45) is 0.162. The average molecular weight is 385 g/mol. The van der Waals surface area contributed by atoms with Gasteiger partial charge in [-0.15, -0.1) is 11.3 Å². The van der Waals surface area contributed by atoms with Crippen LogP contribution in [0.1, 0.15) is 33.3 Å². The fourth-order valence-electron chi connectivity index (χ4n) is 2.94. The Kier molecular flexibility index (Phi) is 5.62. The van der Waals surface area contributed by atoms with Gasteiger partial charge < -0.3 is 19.7 Å². The number of rotatable bonds is 4. The molecular formula is C19H19N3O4S. The molecule has 0 atom stereocenters. The molecule has 1 aliphatic rings. The molecule has 1 N–H and O–H groups in total. The lowest BCUT2D eigenvalue weighted by Crippen LogP contribution is -2.35. The van der Waals surface area contributed by atoms with E-state index in [-0.39, 0.29) is 5.91 Å². The van der Waals surface area contributed by atoms with E-state index in [2.05, 4.69) is 11.4 Å². The van der Waals surface area contributed by atoms with Crippen LogP contribution in [-0.2, 0) is 17.7 Å². The zero-order valence-electron chi connectivity index (χ0n) is 15.1. The number of nitriles is 1. The SMILES string of the molecule is CCOc1ccc(C(=O)Nc2sc3c(c2C#N)CCN(C(=O)OC)C3)cc1. The van der Waals surface area contributed by atoms with Crippen molar-refractivity contribution in [2.24, 2.45) is 0 Å². The molecule has 27 heavy (non-hydrogen) atoms. The number of carbonyl (C=O) groups excluding carboxylic acids is 2. The summed E-state index contributed by atoms with van der Waals surface area (Å²) in [5, 5.41) is 12.9. The van der Waals surface area contributed by atoms with Gasteiger partial charge in [-0.3, -0.25) is 4.79 Å². The van der Waals surface area contributed by atoms with Crippen LogP contribution >= 0.6 is 11.3 Å². The number of hydrogen-bond donors (Lipinski definition) is 1. The van der Waals surface area contributed by atoms with Gasteiger partial charge in [-0.05, 0) is 43.2 Å². The number of hydrogen-bond acceptors (Lipinski definition) is 6. The maximum atomic E-state index is 12.5. The summed E-state index contributed by atoms with van der Waals surface area (Å²) in [6, 6.07) is 9.01. The molecule has 3 rings (SSSR count). The largest absolute Gasteiger partial charge is 0.494 e. The molecule has 0 spiro atoms. The molecular weight excluding hydrogens is 366 g/mol. The van der Waals surface area contributed by atoms with E-state index in [0.29, 0.717) is 48.0 Å². The van der Waals surface area contributed by atoms with Crippen LogP contribution in [0.4, 0.5) is 9.80 Å². The highest BCUT2D eigenvalue weighted by molar-refractivity contribution is 7.16. The van der Waals surface area contributed by atoms with Gasteiger partial charge in [0.25, 0.3) is 5.91 Å². The van der Waals surface area contributed by atoms with Gasteiger partial charge in [-0.1, -0.05) is 0 Å². The molecule has 0 fully saturated rings. The van der Waals surface area contributed by atoms with E-state index in [1.165, 1.54) is 18.4 Å². The van der Waals surface area contributed by atoms with Crippen molar-refractivity contribution in [3.63, 3.8) is 0 Å². The highest BCUT2D eigenvalue weighted by atomic mass is 32.1. The van der Waals surface area contributed by atoms with Gasteiger partial charge in [0.15, 0.2) is 0 Å². The Bertz CT molecular complexity index is 899. The molecule has 0 unspecified atom stereocenters. The normalized spacial score (nSPS) is 12.7. The van der Waals surface area contributed by atoms with Gasteiger partial charge in [-0.25, -0.2) is 4.79 Å². The van der Waals surface area contributed by atoms with Crippen LogP contribution in [0.5, 0.6) is 5.75 Å². The molecule has 0 saturated carbocycles. The van der Waals surface area contributed by atoms with E-state index in [4.69, 9.17) is 9.47 Å². The van der Waals surface area contributed by atoms with Crippen LogP contribution in [0.3, 0.4) is 0 Å². The zero-order chi connectivity index (χ0) is 19.4. The Balaban J connectivity index is 1.79. The van der Waals surface area contributed by atoms with Crippen LogP contribution in [0.2, 0.25) is 0 Å². The number of anilines is 1. The summed E-state index contributed by atoms with van der Waals surface area (Å²) >= 11 is 1.32. The summed E-state index contributed by atoms with van der Waals surface area (Å²) in [4.78, 5) is 26.8. The first kappa shape index (κ1) is 18.7. The molecule has 0 saturated heterocycles. The van der Waals surface area contributed by atoms with E-state index < -0.39 is 6.09 Å². The number of nitrogens with zero attached hydrogens (tertiary/aromatic N) is 2. The average Bonchev–Trinajstić information content (AvgIpc) is 3.04. The number of carbonyl (C=O) groups is 2. The number of amides is 2. The number of fused-ring (bicyclic) bond motifs is 1. The second kappa shape index (κ2) is 8.10. The van der Waals surface area contributed by atoms with Gasteiger partial charge in [0.05, 0.1) is 25.8 Å². The molecule has 2 aromatic rings. The number of methoxy groups -OCH3 is 1. The van der Waals surface area contributed by atoms with Crippen LogP contribution in [0.15, 0.2) is 24.3 Å². The number of benzene rings is 1. The van der Waals surface area contributed by atoms with E-state index in [0.717, 1.165) is 10.4 Å². The third-order valence-electron chi connectivity index (χ3n) is 4.26. The molecule has 1 aromatic heterocycles. The molecule has 8 heteroatoms. The Morgan fingerprint density at radius 1 is 1.33 bits per heavy atom. The van der Waals surface area contributed by atoms with Crippen molar-refractivity contribution in [3.8, 4) is 11.8 Å². The Hall–Kier alpha value is -3.05. The minimum Gasteiger partial charge on any atom is -0.494 e. The summed E-state index contributed by atoms with van der Waals surface area (Å²) < 4.78 is 10.1. The summed E-state index contributed by atoms with van der Waals surface area (Å²) in [7, 11) is 1.34. The first-order chi connectivity index (χ1) is 13.1. The second-order valence-electron chi connectivity index (χ2n) is 5.87. The van der Waals surface area contributed by atoms with Gasteiger partial charge in [0, 0.05) is 17.0 Å². The van der Waals surface area contributed by atoms with E-state index in [1.54, 1.807) is 29.2 Å². The maximum absolute atomic E-state index is 12.5. The summed E-state index contributed by atoms with van der Waals surface area (Å²) in [5.41, 5.74) is 1.84. The third-order valence-corrected chi connectivity index (χ3v) is 5.39. The predicted molar refractivity (Wildman–Crippen MR) is 101 cm³/mol. The van der Waals surface area contributed by atoms with Crippen LogP contribution in [0, 0.1) is 11.3 Å². The number of thiophene rings is 1. The lowest BCUT2D eigenvalue weighted by atomic mass is 10.0. The lowest BCUT2D eigenvalue weighted by molar-refractivity contribution is 0.102. The lowest BCUT2D eigenvalue weighted by Gasteiger charge is -2.25. The van der Waals surface area contributed by atoms with Crippen molar-refractivity contribution >= 4 is 28.3 Å². The topological polar surface area (TPSA) is 91.7 Å². The minimum absolute atomic E-state index is 0.294. The third kappa shape index (κ3) is 3.88. The quantitative estimate of drug-likeness (QED) is 0.871. The number of ether oxygens (including phenoxy) is 2. The second-order valence-corrected chi connectivity index (χ2v) is 6.98. The Morgan fingerprint density at radius 3 is 2.70 bits per heavy atom. The molecule has 7 nitrogen and oxygen atoms in total. The first-order valence-corrected chi connectivity index (χ1v) is 9.30. The van der Waals surface area contributed by atoms with E-state index in [1.807, 2.05) is 6.92 Å². The highest BCUT2D eigenvalue weighted by Crippen LogP contribution is 2.37. The molecule has 1 aromatic carbocycles. The minimum atomic E-state index is -0.396. The molecule has 0 radical (unpaired) electrons. The van der Waals surface area contributed by atoms with Crippen LogP contribution < -0.4 is 10.1 Å². The van der Waals surface area contributed by atoms with Gasteiger partial charge in [0.1, 0.15) is 16.8 Å². The Morgan fingerprint density at radius 2 is 2.07 bits per heavy atom. The monoisotopic (exact) mass is 385 g/mol. The van der Waals surface area contributed by atoms with Crippen molar-refractivity contribution in [2.45, 2.75) is 19.9 Å². The molecule has 2 heterocycles. The van der Waals surface area contributed by atoms with Crippen molar-refractivity contribution in [1.82, 2.24) is 4.90 Å². The van der Waals surface area contributed by atoms with Crippen LogP contribution in [0.25, 0.3) is 0 Å².